The number of amides is 1. The van der Waals surface area contributed by atoms with E-state index in [1.807, 2.05) is 0 Å². The lowest BCUT2D eigenvalue weighted by molar-refractivity contribution is 0.0159. The highest BCUT2D eigenvalue weighted by atomic mass is 19.1. The second-order valence-electron chi connectivity index (χ2n) is 6.64. The van der Waals surface area contributed by atoms with Gasteiger partial charge in [-0.1, -0.05) is 31.2 Å². The Kier molecular flexibility index (Phi) is 6.42. The van der Waals surface area contributed by atoms with E-state index >= 15 is 0 Å². The molecule has 1 atom stereocenters. The van der Waals surface area contributed by atoms with Crippen LogP contribution in [0, 0.1) is 5.82 Å². The zero-order valence-electron chi connectivity index (χ0n) is 15.5. The van der Waals surface area contributed by atoms with Crippen LogP contribution in [0.2, 0.25) is 0 Å². The van der Waals surface area contributed by atoms with Crippen LogP contribution in [0.1, 0.15) is 23.7 Å². The van der Waals surface area contributed by atoms with Crippen molar-refractivity contribution in [3.63, 3.8) is 0 Å². The topological polar surface area (TPSA) is 61.8 Å². The molecule has 3 rings (SSSR count). The largest absolute Gasteiger partial charge is 0.504 e. The highest BCUT2D eigenvalue weighted by molar-refractivity contribution is 5.95. The van der Waals surface area contributed by atoms with E-state index < -0.39 is 11.6 Å². The van der Waals surface area contributed by atoms with Crippen LogP contribution in [0.15, 0.2) is 42.5 Å². The number of hydrogen-bond acceptors (Lipinski definition) is 4. The summed E-state index contributed by atoms with van der Waals surface area (Å²) in [5.41, 5.74) is 1.44. The molecule has 2 aromatic rings. The third-order valence-corrected chi connectivity index (χ3v) is 4.95. The zero-order valence-corrected chi connectivity index (χ0v) is 15.5. The normalized spacial score (nSPS) is 16.1. The van der Waals surface area contributed by atoms with Gasteiger partial charge in [-0.15, -0.1) is 0 Å². The van der Waals surface area contributed by atoms with Crippen LogP contribution in [-0.4, -0.2) is 54.8 Å². The van der Waals surface area contributed by atoms with Gasteiger partial charge in [0.2, 0.25) is 0 Å². The monoisotopic (exact) mass is 372 g/mol. The maximum Gasteiger partial charge on any atom is 0.251 e. The Hall–Kier alpha value is -2.44. The molecule has 0 spiro atoms. The number of hydrogen-bond donors (Lipinski definition) is 2. The number of phenolic OH excluding ortho intramolecular Hbond substituents is 1. The number of morpholine rings is 1. The summed E-state index contributed by atoms with van der Waals surface area (Å²) in [4.78, 5) is 14.9. The molecule has 1 amide bonds. The Morgan fingerprint density at radius 3 is 2.74 bits per heavy atom. The molecule has 2 aromatic carbocycles. The van der Waals surface area contributed by atoms with E-state index in [-0.39, 0.29) is 11.9 Å². The van der Waals surface area contributed by atoms with Gasteiger partial charge in [-0.3, -0.25) is 9.69 Å². The molecule has 1 heterocycles. The Labute approximate surface area is 158 Å². The van der Waals surface area contributed by atoms with Crippen molar-refractivity contribution >= 4 is 5.91 Å². The highest BCUT2D eigenvalue weighted by Crippen LogP contribution is 2.31. The summed E-state index contributed by atoms with van der Waals surface area (Å²) in [7, 11) is 0. The molecule has 1 aliphatic heterocycles. The fourth-order valence-corrected chi connectivity index (χ4v) is 3.36. The predicted octanol–water partition coefficient (Wildman–Crippen LogP) is 3.04. The van der Waals surface area contributed by atoms with E-state index in [1.165, 1.54) is 12.1 Å². The molecule has 144 valence electrons. The fraction of sp³-hybridized carbons (Fsp3) is 0.381. The maximum absolute atomic E-state index is 13.6. The summed E-state index contributed by atoms with van der Waals surface area (Å²) in [6, 6.07) is 11.5. The van der Waals surface area contributed by atoms with Crippen LogP contribution in [0.4, 0.5) is 4.39 Å². The minimum atomic E-state index is -0.682. The second kappa shape index (κ2) is 8.97. The van der Waals surface area contributed by atoms with E-state index in [0.29, 0.717) is 23.2 Å². The van der Waals surface area contributed by atoms with E-state index in [1.54, 1.807) is 30.3 Å². The average Bonchev–Trinajstić information content (AvgIpc) is 2.71. The summed E-state index contributed by atoms with van der Waals surface area (Å²) in [6.45, 7) is 5.88. The van der Waals surface area contributed by atoms with Gasteiger partial charge in [-0.2, -0.15) is 0 Å². The van der Waals surface area contributed by atoms with Gasteiger partial charge >= 0.3 is 0 Å². The van der Waals surface area contributed by atoms with Crippen LogP contribution in [0.25, 0.3) is 11.1 Å². The number of nitrogens with one attached hydrogen (secondary N) is 1. The summed E-state index contributed by atoms with van der Waals surface area (Å²) < 4.78 is 19.0. The van der Waals surface area contributed by atoms with Crippen LogP contribution in [0.5, 0.6) is 5.75 Å². The lowest BCUT2D eigenvalue weighted by atomic mass is 10.0. The number of phenols is 1. The van der Waals surface area contributed by atoms with Crippen molar-refractivity contribution in [3.8, 4) is 16.9 Å². The quantitative estimate of drug-likeness (QED) is 0.818. The first-order valence-electron chi connectivity index (χ1n) is 9.28. The molecule has 0 bridgehead atoms. The fourth-order valence-electron chi connectivity index (χ4n) is 3.36. The third kappa shape index (κ3) is 4.64. The van der Waals surface area contributed by atoms with E-state index in [0.717, 1.165) is 32.7 Å². The number of benzene rings is 2. The molecular formula is C21H25FN2O3. The van der Waals surface area contributed by atoms with Crippen molar-refractivity contribution in [1.29, 1.82) is 0 Å². The SMILES string of the molecule is CCC(CNC(=O)c1cccc(-c2cccc(F)c2O)c1)N1CCOCC1. The summed E-state index contributed by atoms with van der Waals surface area (Å²) >= 11 is 0. The van der Waals surface area contributed by atoms with Crippen LogP contribution >= 0.6 is 0 Å². The first kappa shape index (κ1) is 19.3. The smallest absolute Gasteiger partial charge is 0.251 e. The molecule has 1 unspecified atom stereocenters. The average molecular weight is 372 g/mol. The molecule has 2 N–H and O–H groups in total. The Morgan fingerprint density at radius 2 is 2.00 bits per heavy atom. The van der Waals surface area contributed by atoms with Gasteiger partial charge in [0.1, 0.15) is 0 Å². The van der Waals surface area contributed by atoms with Crippen molar-refractivity contribution < 1.29 is 19.0 Å². The third-order valence-electron chi connectivity index (χ3n) is 4.95. The molecule has 0 saturated carbocycles. The lowest BCUT2D eigenvalue weighted by Gasteiger charge is -2.34. The van der Waals surface area contributed by atoms with Crippen molar-refractivity contribution in [2.45, 2.75) is 19.4 Å². The summed E-state index contributed by atoms with van der Waals surface area (Å²) in [6.07, 6.45) is 0.942. The lowest BCUT2D eigenvalue weighted by Crippen LogP contribution is -2.48. The maximum atomic E-state index is 13.6. The van der Waals surface area contributed by atoms with Crippen LogP contribution in [-0.2, 0) is 4.74 Å². The number of para-hydroxylation sites is 1. The number of carbonyl (C=O) groups is 1. The van der Waals surface area contributed by atoms with Crippen molar-refractivity contribution in [3.05, 3.63) is 53.8 Å². The number of rotatable bonds is 6. The van der Waals surface area contributed by atoms with Gasteiger partial charge in [-0.05, 0) is 30.2 Å². The second-order valence-corrected chi connectivity index (χ2v) is 6.64. The standard InChI is InChI=1S/C21H25FN2O3/c1-2-17(24-9-11-27-12-10-24)14-23-21(26)16-6-3-5-15(13-16)18-7-4-8-19(22)20(18)25/h3-8,13,17,25H,2,9-12,14H2,1H3,(H,23,26). The molecule has 27 heavy (non-hydrogen) atoms. The molecule has 0 radical (unpaired) electrons. The van der Waals surface area contributed by atoms with Crippen LogP contribution < -0.4 is 5.32 Å². The van der Waals surface area contributed by atoms with Crippen LogP contribution in [0.3, 0.4) is 0 Å². The Balaban J connectivity index is 1.69. The summed E-state index contributed by atoms with van der Waals surface area (Å²) in [5.74, 6) is -1.27. The van der Waals surface area contributed by atoms with Crippen molar-refractivity contribution in [1.82, 2.24) is 10.2 Å². The molecule has 0 aromatic heterocycles. The van der Waals surface area contributed by atoms with Gasteiger partial charge in [-0.25, -0.2) is 4.39 Å². The van der Waals surface area contributed by atoms with Gasteiger partial charge in [0.25, 0.3) is 5.91 Å². The zero-order chi connectivity index (χ0) is 19.2. The minimum absolute atomic E-state index is 0.181. The molecule has 1 aliphatic rings. The molecule has 0 aliphatic carbocycles. The first-order valence-corrected chi connectivity index (χ1v) is 9.28. The molecule has 6 heteroatoms. The van der Waals surface area contributed by atoms with E-state index in [9.17, 15) is 14.3 Å². The number of halogens is 1. The molecule has 1 saturated heterocycles. The van der Waals surface area contributed by atoms with E-state index in [4.69, 9.17) is 4.74 Å². The van der Waals surface area contributed by atoms with Gasteiger partial charge in [0.15, 0.2) is 11.6 Å². The predicted molar refractivity (Wildman–Crippen MR) is 102 cm³/mol. The Bertz CT molecular complexity index is 791. The van der Waals surface area contributed by atoms with Crippen molar-refractivity contribution in [2.24, 2.45) is 0 Å². The van der Waals surface area contributed by atoms with E-state index in [2.05, 4.69) is 17.1 Å². The molecule has 5 nitrogen and oxygen atoms in total. The minimum Gasteiger partial charge on any atom is -0.504 e. The Morgan fingerprint density at radius 1 is 1.26 bits per heavy atom. The van der Waals surface area contributed by atoms with Crippen molar-refractivity contribution in [2.75, 3.05) is 32.8 Å². The van der Waals surface area contributed by atoms with Gasteiger partial charge < -0.3 is 15.2 Å². The number of aromatic hydroxyl groups is 1. The first-order chi connectivity index (χ1) is 13.1. The van der Waals surface area contributed by atoms with Gasteiger partial charge in [0, 0.05) is 36.8 Å². The van der Waals surface area contributed by atoms with Gasteiger partial charge in [0.05, 0.1) is 13.2 Å². The number of nitrogens with zero attached hydrogens (tertiary/aromatic N) is 1. The molecular weight excluding hydrogens is 347 g/mol. The summed E-state index contributed by atoms with van der Waals surface area (Å²) in [5, 5.41) is 12.9. The number of ether oxygens (including phenoxy) is 1. The highest BCUT2D eigenvalue weighted by Gasteiger charge is 2.20. The molecule has 1 fully saturated rings. The number of carbonyl (C=O) groups excluding carboxylic acids is 1.